The SMILES string of the molecule is C=C(C)C(=O)c1ccc(CCOC(=O)c2cc(C(=O)c3ccc(C(=O)OCCc4ccc(C(=O)C(C)(C)O)cc4)c(C(=O)O)c3)ccc2C(=O)O)cc1. The van der Waals surface area contributed by atoms with Crippen molar-refractivity contribution < 1.29 is 58.4 Å². The largest absolute Gasteiger partial charge is 0.478 e. The maximum atomic E-state index is 13.5. The highest BCUT2D eigenvalue weighted by molar-refractivity contribution is 6.13. The molecule has 0 amide bonds. The van der Waals surface area contributed by atoms with Gasteiger partial charge in [-0.05, 0) is 61.7 Å². The number of ketones is 3. The van der Waals surface area contributed by atoms with Crippen molar-refractivity contribution in [3.8, 4) is 0 Å². The summed E-state index contributed by atoms with van der Waals surface area (Å²) in [5.74, 6) is -6.33. The maximum Gasteiger partial charge on any atom is 0.339 e. The topological polar surface area (TPSA) is 199 Å². The lowest BCUT2D eigenvalue weighted by Gasteiger charge is -2.15. The first-order valence-corrected chi connectivity index (χ1v) is 16.3. The summed E-state index contributed by atoms with van der Waals surface area (Å²) in [5, 5.41) is 29.5. The van der Waals surface area contributed by atoms with E-state index in [1.165, 1.54) is 38.1 Å². The lowest BCUT2D eigenvalue weighted by Crippen LogP contribution is -2.31. The molecule has 0 unspecified atom stereocenters. The Hall–Kier alpha value is -6.53. The molecular weight excluding hydrogens is 684 g/mol. The Morgan fingerprint density at radius 3 is 1.45 bits per heavy atom. The number of aliphatic hydroxyl groups is 1. The van der Waals surface area contributed by atoms with Crippen LogP contribution in [0.4, 0.5) is 0 Å². The first-order valence-electron chi connectivity index (χ1n) is 16.3. The van der Waals surface area contributed by atoms with E-state index in [2.05, 4.69) is 6.58 Å². The average Bonchev–Trinajstić information content (AvgIpc) is 3.13. The number of hydrogen-bond donors (Lipinski definition) is 3. The Bertz CT molecular complexity index is 2120. The third-order valence-electron chi connectivity index (χ3n) is 8.09. The molecule has 0 saturated heterocycles. The van der Waals surface area contributed by atoms with Crippen molar-refractivity contribution in [2.45, 2.75) is 39.2 Å². The number of rotatable bonds is 16. The molecule has 0 aromatic heterocycles. The predicted molar refractivity (Wildman–Crippen MR) is 191 cm³/mol. The van der Waals surface area contributed by atoms with Crippen molar-refractivity contribution in [3.05, 3.63) is 153 Å². The molecule has 0 aliphatic carbocycles. The highest BCUT2D eigenvalue weighted by Gasteiger charge is 2.26. The number of benzene rings is 4. The van der Waals surface area contributed by atoms with Gasteiger partial charge in [0.15, 0.2) is 17.3 Å². The number of carboxylic acids is 2. The molecule has 0 radical (unpaired) electrons. The molecule has 0 saturated carbocycles. The second-order valence-corrected chi connectivity index (χ2v) is 12.6. The van der Waals surface area contributed by atoms with Crippen molar-refractivity contribution >= 4 is 41.2 Å². The van der Waals surface area contributed by atoms with Crippen LogP contribution in [-0.2, 0) is 22.3 Å². The molecule has 0 bridgehead atoms. The molecule has 53 heavy (non-hydrogen) atoms. The van der Waals surface area contributed by atoms with Gasteiger partial charge in [-0.3, -0.25) is 14.4 Å². The Labute approximate surface area is 304 Å². The second-order valence-electron chi connectivity index (χ2n) is 12.6. The first kappa shape index (κ1) is 39.3. The number of esters is 2. The molecule has 0 aliphatic rings. The highest BCUT2D eigenvalue weighted by atomic mass is 16.5. The summed E-state index contributed by atoms with van der Waals surface area (Å²) in [6.07, 6.45) is 0.490. The van der Waals surface area contributed by atoms with E-state index in [9.17, 15) is 48.9 Å². The molecule has 3 N–H and O–H groups in total. The number of aromatic carboxylic acids is 2. The smallest absolute Gasteiger partial charge is 0.339 e. The molecule has 272 valence electrons. The molecule has 12 heteroatoms. The third kappa shape index (κ3) is 9.83. The van der Waals surface area contributed by atoms with Crippen LogP contribution < -0.4 is 0 Å². The van der Waals surface area contributed by atoms with Gasteiger partial charge in [0.25, 0.3) is 0 Å². The Balaban J connectivity index is 1.44. The number of carbonyl (C=O) groups is 7. The number of ether oxygens (including phenoxy) is 2. The first-order chi connectivity index (χ1) is 25.0. The molecule has 12 nitrogen and oxygen atoms in total. The van der Waals surface area contributed by atoms with E-state index in [0.29, 0.717) is 22.3 Å². The number of carbonyl (C=O) groups excluding carboxylic acids is 5. The average molecular weight is 721 g/mol. The van der Waals surface area contributed by atoms with Crippen molar-refractivity contribution in [3.63, 3.8) is 0 Å². The van der Waals surface area contributed by atoms with E-state index in [1.54, 1.807) is 43.3 Å². The van der Waals surface area contributed by atoms with Crippen LogP contribution in [0.3, 0.4) is 0 Å². The summed E-state index contributed by atoms with van der Waals surface area (Å²) in [6, 6.07) is 19.6. The van der Waals surface area contributed by atoms with Gasteiger partial charge >= 0.3 is 23.9 Å². The summed E-state index contributed by atoms with van der Waals surface area (Å²) in [4.78, 5) is 87.6. The number of carboxylic acid groups (broad SMARTS) is 2. The van der Waals surface area contributed by atoms with E-state index in [0.717, 1.165) is 29.8 Å². The molecule has 0 spiro atoms. The minimum Gasteiger partial charge on any atom is -0.478 e. The van der Waals surface area contributed by atoms with Crippen molar-refractivity contribution in [2.75, 3.05) is 13.2 Å². The fourth-order valence-corrected chi connectivity index (χ4v) is 5.17. The molecule has 0 atom stereocenters. The quantitative estimate of drug-likeness (QED) is 0.0713. The maximum absolute atomic E-state index is 13.5. The van der Waals surface area contributed by atoms with Gasteiger partial charge in [-0.15, -0.1) is 0 Å². The number of hydrogen-bond acceptors (Lipinski definition) is 10. The Morgan fingerprint density at radius 2 is 1.00 bits per heavy atom. The molecule has 0 aliphatic heterocycles. The van der Waals surface area contributed by atoms with Crippen LogP contribution in [0.25, 0.3) is 0 Å². The van der Waals surface area contributed by atoms with Crippen molar-refractivity contribution in [2.24, 2.45) is 0 Å². The lowest BCUT2D eigenvalue weighted by molar-refractivity contribution is 0.0487. The van der Waals surface area contributed by atoms with Gasteiger partial charge in [-0.1, -0.05) is 67.2 Å². The molecular formula is C41H36O12. The van der Waals surface area contributed by atoms with E-state index in [1.807, 2.05) is 0 Å². The van der Waals surface area contributed by atoms with Crippen LogP contribution in [-0.4, -0.2) is 75.4 Å². The van der Waals surface area contributed by atoms with Crippen LogP contribution in [0, 0.1) is 0 Å². The lowest BCUT2D eigenvalue weighted by atomic mass is 9.95. The normalized spacial score (nSPS) is 10.9. The summed E-state index contributed by atoms with van der Waals surface area (Å²) in [5.41, 5.74) is -0.881. The Morgan fingerprint density at radius 1 is 0.585 bits per heavy atom. The van der Waals surface area contributed by atoms with Crippen molar-refractivity contribution in [1.82, 2.24) is 0 Å². The van der Waals surface area contributed by atoms with E-state index in [-0.39, 0.29) is 48.5 Å². The monoisotopic (exact) mass is 720 g/mol. The predicted octanol–water partition coefficient (Wildman–Crippen LogP) is 5.83. The number of Topliss-reactive ketones (excluding diaryl/α,β-unsaturated/α-hetero) is 2. The van der Waals surface area contributed by atoms with Gasteiger partial charge in [0.1, 0.15) is 5.60 Å². The van der Waals surface area contributed by atoms with Crippen LogP contribution in [0.2, 0.25) is 0 Å². The summed E-state index contributed by atoms with van der Waals surface area (Å²) < 4.78 is 10.6. The second kappa shape index (κ2) is 16.7. The van der Waals surface area contributed by atoms with Gasteiger partial charge in [0.2, 0.25) is 0 Å². The van der Waals surface area contributed by atoms with Gasteiger partial charge < -0.3 is 24.8 Å². The van der Waals surface area contributed by atoms with Crippen molar-refractivity contribution in [1.29, 1.82) is 0 Å². The molecule has 4 aromatic carbocycles. The van der Waals surface area contributed by atoms with Gasteiger partial charge in [0, 0.05) is 35.1 Å². The minimum absolute atomic E-state index is 0.130. The van der Waals surface area contributed by atoms with E-state index in [4.69, 9.17) is 9.47 Å². The standard InChI is InChI=1S/C41H36O12/c1-23(2)34(42)26-9-5-24(6-10-26)18-20-53-40(50)33-22-29(13-15-30(33)37(45)46)35(43)28-14-16-31(32(21-28)38(47)48)39(49)52-19-17-25-7-11-27(12-8-25)36(44)41(3,4)51/h5-16,21-22,51H,1,17-20H2,2-4H3,(H,45,46)(H,47,48). The number of allylic oxidation sites excluding steroid dienone is 1. The van der Waals surface area contributed by atoms with E-state index < -0.39 is 57.7 Å². The fraction of sp³-hybridized carbons (Fsp3) is 0.195. The van der Waals surface area contributed by atoms with Crippen LogP contribution in [0.5, 0.6) is 0 Å². The zero-order valence-corrected chi connectivity index (χ0v) is 29.1. The minimum atomic E-state index is -1.54. The highest BCUT2D eigenvalue weighted by Crippen LogP contribution is 2.21. The molecule has 4 rings (SSSR count). The third-order valence-corrected chi connectivity index (χ3v) is 8.09. The molecule has 4 aromatic rings. The van der Waals surface area contributed by atoms with Gasteiger partial charge in [0.05, 0.1) is 35.5 Å². The van der Waals surface area contributed by atoms with Gasteiger partial charge in [-0.2, -0.15) is 0 Å². The summed E-state index contributed by atoms with van der Waals surface area (Å²) >= 11 is 0. The summed E-state index contributed by atoms with van der Waals surface area (Å²) in [7, 11) is 0. The zero-order chi connectivity index (χ0) is 39.0. The summed E-state index contributed by atoms with van der Waals surface area (Å²) in [6.45, 7) is 7.73. The van der Waals surface area contributed by atoms with E-state index >= 15 is 0 Å². The van der Waals surface area contributed by atoms with Crippen LogP contribution in [0.1, 0.15) is 110 Å². The fourth-order valence-electron chi connectivity index (χ4n) is 5.17. The molecule has 0 fully saturated rings. The van der Waals surface area contributed by atoms with Crippen LogP contribution in [0.15, 0.2) is 97.1 Å². The van der Waals surface area contributed by atoms with Crippen LogP contribution >= 0.6 is 0 Å². The zero-order valence-electron chi connectivity index (χ0n) is 29.1. The molecule has 0 heterocycles. The van der Waals surface area contributed by atoms with Gasteiger partial charge in [-0.25, -0.2) is 19.2 Å². The Kier molecular flexibility index (Phi) is 12.3.